The molecule has 1 amide bonds. The Morgan fingerprint density at radius 3 is 2.30 bits per heavy atom. The minimum Gasteiger partial charge on any atom is -0.378 e. The van der Waals surface area contributed by atoms with Crippen LogP contribution in [0.25, 0.3) is 0 Å². The summed E-state index contributed by atoms with van der Waals surface area (Å²) in [5.41, 5.74) is 3.78. The first-order chi connectivity index (χ1) is 9.61. The molecular weight excluding hydrogens is 248 g/mol. The average molecular weight is 268 g/mol. The van der Waals surface area contributed by atoms with Crippen molar-refractivity contribution in [3.05, 3.63) is 59.7 Å². The van der Waals surface area contributed by atoms with Crippen molar-refractivity contribution in [2.75, 3.05) is 24.3 Å². The molecule has 0 aliphatic heterocycles. The number of nitrogens with zero attached hydrogens (tertiary/aromatic N) is 1. The zero-order chi connectivity index (χ0) is 14.5. The number of carbonyl (C=O) groups is 1. The molecule has 0 aromatic heterocycles. The minimum atomic E-state index is -0.0730. The fourth-order valence-corrected chi connectivity index (χ4v) is 2.06. The summed E-state index contributed by atoms with van der Waals surface area (Å²) in [6.07, 6.45) is 0.899. The highest BCUT2D eigenvalue weighted by Crippen LogP contribution is 2.18. The maximum absolute atomic E-state index is 12.2. The van der Waals surface area contributed by atoms with Gasteiger partial charge >= 0.3 is 0 Å². The molecule has 0 spiro atoms. The van der Waals surface area contributed by atoms with Crippen molar-refractivity contribution in [1.82, 2.24) is 0 Å². The number of hydrogen-bond acceptors (Lipinski definition) is 2. The van der Waals surface area contributed by atoms with Crippen LogP contribution in [0.4, 0.5) is 11.4 Å². The summed E-state index contributed by atoms with van der Waals surface area (Å²) < 4.78 is 0. The summed E-state index contributed by atoms with van der Waals surface area (Å²) in [4.78, 5) is 14.2. The summed E-state index contributed by atoms with van der Waals surface area (Å²) in [7, 11) is 3.96. The zero-order valence-electron chi connectivity index (χ0n) is 12.2. The van der Waals surface area contributed by atoms with Gasteiger partial charge in [-0.25, -0.2) is 0 Å². The molecule has 2 rings (SSSR count). The number of carbonyl (C=O) groups excluding carboxylic acids is 1. The van der Waals surface area contributed by atoms with E-state index in [1.54, 1.807) is 0 Å². The molecule has 0 bridgehead atoms. The molecule has 0 aliphatic rings. The molecule has 0 saturated heterocycles. The highest BCUT2D eigenvalue weighted by molar-refractivity contribution is 6.04. The first-order valence-electron chi connectivity index (χ1n) is 6.78. The lowest BCUT2D eigenvalue weighted by Crippen LogP contribution is -2.14. The van der Waals surface area contributed by atoms with Gasteiger partial charge in [-0.1, -0.05) is 25.1 Å². The second kappa shape index (κ2) is 6.24. The second-order valence-corrected chi connectivity index (χ2v) is 4.91. The summed E-state index contributed by atoms with van der Waals surface area (Å²) in [5, 5.41) is 2.97. The van der Waals surface area contributed by atoms with E-state index < -0.39 is 0 Å². The van der Waals surface area contributed by atoms with E-state index in [9.17, 15) is 4.79 Å². The molecule has 3 heteroatoms. The first-order valence-corrected chi connectivity index (χ1v) is 6.78. The van der Waals surface area contributed by atoms with Crippen molar-refractivity contribution >= 4 is 17.3 Å². The highest BCUT2D eigenvalue weighted by atomic mass is 16.1. The van der Waals surface area contributed by atoms with Crippen molar-refractivity contribution in [2.24, 2.45) is 0 Å². The van der Waals surface area contributed by atoms with Crippen LogP contribution in [0.5, 0.6) is 0 Å². The predicted octanol–water partition coefficient (Wildman–Crippen LogP) is 3.57. The molecule has 2 aromatic rings. The quantitative estimate of drug-likeness (QED) is 0.919. The van der Waals surface area contributed by atoms with Crippen molar-refractivity contribution in [3.8, 4) is 0 Å². The maximum Gasteiger partial charge on any atom is 0.255 e. The third-order valence-electron chi connectivity index (χ3n) is 3.29. The molecule has 0 atom stereocenters. The van der Waals surface area contributed by atoms with Gasteiger partial charge in [0.2, 0.25) is 0 Å². The van der Waals surface area contributed by atoms with E-state index in [0.717, 1.165) is 23.4 Å². The Labute approximate surface area is 120 Å². The number of hydrogen-bond donors (Lipinski definition) is 1. The van der Waals surface area contributed by atoms with Crippen LogP contribution >= 0.6 is 0 Å². The van der Waals surface area contributed by atoms with E-state index in [1.165, 1.54) is 0 Å². The molecule has 0 aliphatic carbocycles. The third kappa shape index (κ3) is 3.18. The summed E-state index contributed by atoms with van der Waals surface area (Å²) in [5.74, 6) is -0.0730. The van der Waals surface area contributed by atoms with E-state index in [0.29, 0.717) is 5.56 Å². The Kier molecular flexibility index (Phi) is 4.41. The zero-order valence-corrected chi connectivity index (χ0v) is 12.2. The molecule has 1 N–H and O–H groups in total. The maximum atomic E-state index is 12.2. The van der Waals surface area contributed by atoms with Gasteiger partial charge < -0.3 is 10.2 Å². The first kappa shape index (κ1) is 14.1. The van der Waals surface area contributed by atoms with E-state index in [2.05, 4.69) is 12.2 Å². The van der Waals surface area contributed by atoms with Crippen molar-refractivity contribution < 1.29 is 4.79 Å². The van der Waals surface area contributed by atoms with Gasteiger partial charge in [0.15, 0.2) is 0 Å². The molecule has 0 fully saturated rings. The molecular formula is C17H20N2O. The van der Waals surface area contributed by atoms with Gasteiger partial charge in [0.25, 0.3) is 5.91 Å². The predicted molar refractivity (Wildman–Crippen MR) is 84.5 cm³/mol. The van der Waals surface area contributed by atoms with E-state index in [-0.39, 0.29) is 5.91 Å². The standard InChI is InChI=1S/C17H20N2O/c1-4-13-7-5-6-8-16(13)18-17(20)14-9-11-15(12-10-14)19(2)3/h5-12H,4H2,1-3H3,(H,18,20). The van der Waals surface area contributed by atoms with Crippen LogP contribution in [0.15, 0.2) is 48.5 Å². The lowest BCUT2D eigenvalue weighted by Gasteiger charge is -2.13. The fourth-order valence-electron chi connectivity index (χ4n) is 2.06. The number of para-hydroxylation sites is 1. The molecule has 20 heavy (non-hydrogen) atoms. The lowest BCUT2D eigenvalue weighted by atomic mass is 10.1. The van der Waals surface area contributed by atoms with Crippen LogP contribution in [-0.4, -0.2) is 20.0 Å². The van der Waals surface area contributed by atoms with Crippen LogP contribution in [0.3, 0.4) is 0 Å². The number of rotatable bonds is 4. The molecule has 0 radical (unpaired) electrons. The molecule has 0 unspecified atom stereocenters. The number of benzene rings is 2. The molecule has 3 nitrogen and oxygen atoms in total. The summed E-state index contributed by atoms with van der Waals surface area (Å²) in [6, 6.07) is 15.5. The lowest BCUT2D eigenvalue weighted by molar-refractivity contribution is 0.102. The number of amides is 1. The van der Waals surface area contributed by atoms with Gasteiger partial charge in [-0.15, -0.1) is 0 Å². The smallest absolute Gasteiger partial charge is 0.255 e. The van der Waals surface area contributed by atoms with Crippen LogP contribution in [0.2, 0.25) is 0 Å². The molecule has 0 heterocycles. The van der Waals surface area contributed by atoms with Gasteiger partial charge in [0.05, 0.1) is 0 Å². The van der Waals surface area contributed by atoms with Crippen LogP contribution < -0.4 is 10.2 Å². The molecule has 0 saturated carbocycles. The van der Waals surface area contributed by atoms with Crippen molar-refractivity contribution in [1.29, 1.82) is 0 Å². The highest BCUT2D eigenvalue weighted by Gasteiger charge is 2.08. The second-order valence-electron chi connectivity index (χ2n) is 4.91. The SMILES string of the molecule is CCc1ccccc1NC(=O)c1ccc(N(C)C)cc1. The van der Waals surface area contributed by atoms with Crippen LogP contribution in [0.1, 0.15) is 22.8 Å². The Hall–Kier alpha value is -2.29. The topological polar surface area (TPSA) is 32.3 Å². The Bertz CT molecular complexity index is 588. The average Bonchev–Trinajstić information content (AvgIpc) is 2.48. The van der Waals surface area contributed by atoms with E-state index in [4.69, 9.17) is 0 Å². The fraction of sp³-hybridized carbons (Fsp3) is 0.235. The van der Waals surface area contributed by atoms with Gasteiger partial charge in [0.1, 0.15) is 0 Å². The van der Waals surface area contributed by atoms with Crippen molar-refractivity contribution in [2.45, 2.75) is 13.3 Å². The largest absolute Gasteiger partial charge is 0.378 e. The monoisotopic (exact) mass is 268 g/mol. The summed E-state index contributed by atoms with van der Waals surface area (Å²) in [6.45, 7) is 2.08. The number of nitrogens with one attached hydrogen (secondary N) is 1. The Morgan fingerprint density at radius 2 is 1.70 bits per heavy atom. The normalized spacial score (nSPS) is 10.2. The van der Waals surface area contributed by atoms with Gasteiger partial charge in [-0.05, 0) is 42.3 Å². The van der Waals surface area contributed by atoms with E-state index in [1.807, 2.05) is 67.5 Å². The third-order valence-corrected chi connectivity index (χ3v) is 3.29. The Balaban J connectivity index is 2.15. The van der Waals surface area contributed by atoms with Gasteiger partial charge in [-0.2, -0.15) is 0 Å². The van der Waals surface area contributed by atoms with E-state index >= 15 is 0 Å². The van der Waals surface area contributed by atoms with Crippen molar-refractivity contribution in [3.63, 3.8) is 0 Å². The number of aryl methyl sites for hydroxylation is 1. The molecule has 104 valence electrons. The van der Waals surface area contributed by atoms with Crippen LogP contribution in [0, 0.1) is 0 Å². The van der Waals surface area contributed by atoms with Crippen LogP contribution in [-0.2, 0) is 6.42 Å². The molecule has 2 aromatic carbocycles. The number of anilines is 2. The van der Waals surface area contributed by atoms with Gasteiger partial charge in [0, 0.05) is 31.0 Å². The van der Waals surface area contributed by atoms with Gasteiger partial charge in [-0.3, -0.25) is 4.79 Å². The minimum absolute atomic E-state index is 0.0730. The summed E-state index contributed by atoms with van der Waals surface area (Å²) >= 11 is 0. The Morgan fingerprint density at radius 1 is 1.05 bits per heavy atom.